The van der Waals surface area contributed by atoms with Gasteiger partial charge in [0.25, 0.3) is 0 Å². The number of ether oxygens (including phenoxy) is 2. The number of allylic oxidation sites excluding steroid dienone is 1. The van der Waals surface area contributed by atoms with E-state index in [1.165, 1.54) is 0 Å². The summed E-state index contributed by atoms with van der Waals surface area (Å²) in [6.45, 7) is 14.0. The molecule has 1 spiro atoms. The number of hydrogen-bond acceptors (Lipinski definition) is 6. The van der Waals surface area contributed by atoms with E-state index >= 15 is 0 Å². The Balaban J connectivity index is 2.01. The predicted molar refractivity (Wildman–Crippen MR) is 128 cm³/mol. The summed E-state index contributed by atoms with van der Waals surface area (Å²) in [5.41, 5.74) is -1.88. The lowest BCUT2D eigenvalue weighted by Gasteiger charge is -2.38. The summed E-state index contributed by atoms with van der Waals surface area (Å²) >= 11 is 0. The first-order valence-electron chi connectivity index (χ1n) is 12.5. The standard InChI is InChI=1S/C26H40N2O6/c1-6-9-10-17-33-24(32)20-19-22(30)28(15-11-16-29)21(23(31)27(14-7-2)18(4)5)26(19)13-12-25(20,8-3)34-26/h6-7,18-21,29H,1-2,8-17H2,3-5H3/t19-,20+,21?,25-,26?/m0/s1. The molecule has 0 aliphatic carbocycles. The molecular weight excluding hydrogens is 436 g/mol. The smallest absolute Gasteiger partial charge is 0.312 e. The lowest BCUT2D eigenvalue weighted by Crippen LogP contribution is -2.57. The zero-order valence-corrected chi connectivity index (χ0v) is 20.8. The molecule has 5 atom stereocenters. The van der Waals surface area contributed by atoms with Gasteiger partial charge in [-0.3, -0.25) is 14.4 Å². The second-order valence-electron chi connectivity index (χ2n) is 9.91. The maximum absolute atomic E-state index is 14.0. The lowest BCUT2D eigenvalue weighted by atomic mass is 9.65. The van der Waals surface area contributed by atoms with Gasteiger partial charge in [0.1, 0.15) is 17.6 Å². The normalized spacial score (nSPS) is 31.6. The Morgan fingerprint density at radius 3 is 2.62 bits per heavy atom. The van der Waals surface area contributed by atoms with E-state index in [2.05, 4.69) is 13.2 Å². The highest BCUT2D eigenvalue weighted by atomic mass is 16.6. The van der Waals surface area contributed by atoms with Crippen molar-refractivity contribution in [2.45, 2.75) is 82.6 Å². The highest BCUT2D eigenvalue weighted by Gasteiger charge is 2.79. The Morgan fingerprint density at radius 2 is 2.03 bits per heavy atom. The molecule has 3 aliphatic rings. The quantitative estimate of drug-likeness (QED) is 0.249. The van der Waals surface area contributed by atoms with E-state index in [4.69, 9.17) is 9.47 Å². The molecule has 8 heteroatoms. The first-order valence-corrected chi connectivity index (χ1v) is 12.5. The van der Waals surface area contributed by atoms with Gasteiger partial charge in [-0.15, -0.1) is 13.2 Å². The Hall–Kier alpha value is -2.19. The average molecular weight is 477 g/mol. The van der Waals surface area contributed by atoms with Crippen molar-refractivity contribution in [1.82, 2.24) is 9.80 Å². The monoisotopic (exact) mass is 476 g/mol. The molecule has 2 amide bonds. The number of esters is 1. The summed E-state index contributed by atoms with van der Waals surface area (Å²) in [5, 5.41) is 9.45. The molecule has 0 saturated carbocycles. The van der Waals surface area contributed by atoms with E-state index < -0.39 is 35.0 Å². The maximum Gasteiger partial charge on any atom is 0.312 e. The van der Waals surface area contributed by atoms with Gasteiger partial charge in [-0.25, -0.2) is 0 Å². The highest BCUT2D eigenvalue weighted by molar-refractivity contribution is 5.98. The third-order valence-corrected chi connectivity index (χ3v) is 7.75. The molecule has 0 radical (unpaired) electrons. The van der Waals surface area contributed by atoms with Crippen LogP contribution in [-0.2, 0) is 23.9 Å². The number of nitrogens with zero attached hydrogens (tertiary/aromatic N) is 2. The number of aliphatic hydroxyl groups excluding tert-OH is 1. The van der Waals surface area contributed by atoms with E-state index in [0.717, 1.165) is 6.42 Å². The fraction of sp³-hybridized carbons (Fsp3) is 0.731. The fourth-order valence-electron chi connectivity index (χ4n) is 6.18. The summed E-state index contributed by atoms with van der Waals surface area (Å²) in [6, 6.07) is -0.939. The third kappa shape index (κ3) is 4.19. The Bertz CT molecular complexity index is 813. The number of fused-ring (bicyclic) bond motifs is 1. The van der Waals surface area contributed by atoms with Crippen LogP contribution < -0.4 is 0 Å². The number of likely N-dealkylation sites (tertiary alicyclic amines) is 1. The molecule has 3 saturated heterocycles. The van der Waals surface area contributed by atoms with Crippen LogP contribution in [0.5, 0.6) is 0 Å². The molecule has 2 bridgehead atoms. The minimum atomic E-state index is -1.07. The van der Waals surface area contributed by atoms with Crippen molar-refractivity contribution in [2.75, 3.05) is 26.3 Å². The Labute approximate surface area is 202 Å². The molecule has 3 fully saturated rings. The number of carbonyl (C=O) groups is 3. The number of aliphatic hydroxyl groups is 1. The molecule has 0 aromatic carbocycles. The summed E-state index contributed by atoms with van der Waals surface area (Å²) in [6.07, 6.45) is 6.88. The number of amides is 2. The minimum absolute atomic E-state index is 0.0971. The van der Waals surface area contributed by atoms with Crippen molar-refractivity contribution >= 4 is 17.8 Å². The van der Waals surface area contributed by atoms with Crippen molar-refractivity contribution in [3.05, 3.63) is 25.3 Å². The van der Waals surface area contributed by atoms with Crippen LogP contribution in [0.4, 0.5) is 0 Å². The predicted octanol–water partition coefficient (Wildman–Crippen LogP) is 2.46. The third-order valence-electron chi connectivity index (χ3n) is 7.75. The van der Waals surface area contributed by atoms with E-state index in [1.54, 1.807) is 22.0 Å². The Morgan fingerprint density at radius 1 is 1.29 bits per heavy atom. The molecule has 3 aliphatic heterocycles. The van der Waals surface area contributed by atoms with Crippen molar-refractivity contribution in [3.8, 4) is 0 Å². The first-order chi connectivity index (χ1) is 16.2. The summed E-state index contributed by atoms with van der Waals surface area (Å²) in [5.74, 6) is -2.39. The number of rotatable bonds is 13. The second kappa shape index (κ2) is 10.6. The van der Waals surface area contributed by atoms with Gasteiger partial charge < -0.3 is 24.4 Å². The van der Waals surface area contributed by atoms with Gasteiger partial charge in [0.2, 0.25) is 11.8 Å². The largest absolute Gasteiger partial charge is 0.465 e. The molecule has 190 valence electrons. The van der Waals surface area contributed by atoms with Crippen LogP contribution >= 0.6 is 0 Å². The van der Waals surface area contributed by atoms with Crippen LogP contribution in [-0.4, -0.2) is 82.3 Å². The van der Waals surface area contributed by atoms with Gasteiger partial charge in [-0.05, 0) is 52.4 Å². The van der Waals surface area contributed by atoms with Crippen LogP contribution in [0.25, 0.3) is 0 Å². The van der Waals surface area contributed by atoms with Gasteiger partial charge in [-0.2, -0.15) is 0 Å². The summed E-state index contributed by atoms with van der Waals surface area (Å²) in [7, 11) is 0. The van der Waals surface area contributed by atoms with Gasteiger partial charge in [0.05, 0.1) is 18.1 Å². The second-order valence-corrected chi connectivity index (χ2v) is 9.91. The molecule has 8 nitrogen and oxygen atoms in total. The topological polar surface area (TPSA) is 96.4 Å². The number of hydrogen-bond donors (Lipinski definition) is 1. The zero-order chi connectivity index (χ0) is 25.1. The van der Waals surface area contributed by atoms with Gasteiger partial charge in [0.15, 0.2) is 0 Å². The fourth-order valence-corrected chi connectivity index (χ4v) is 6.18. The van der Waals surface area contributed by atoms with Gasteiger partial charge in [0, 0.05) is 25.7 Å². The van der Waals surface area contributed by atoms with Crippen molar-refractivity contribution in [1.29, 1.82) is 0 Å². The molecule has 1 N–H and O–H groups in total. The minimum Gasteiger partial charge on any atom is -0.465 e. The van der Waals surface area contributed by atoms with Gasteiger partial charge >= 0.3 is 5.97 Å². The van der Waals surface area contributed by atoms with E-state index in [1.807, 2.05) is 20.8 Å². The van der Waals surface area contributed by atoms with Crippen LogP contribution in [0.1, 0.15) is 59.3 Å². The molecule has 0 aromatic heterocycles. The van der Waals surface area contributed by atoms with Crippen LogP contribution in [0.3, 0.4) is 0 Å². The molecule has 3 heterocycles. The molecule has 2 unspecified atom stereocenters. The average Bonchev–Trinajstić information content (AvgIpc) is 3.41. The van der Waals surface area contributed by atoms with Crippen molar-refractivity contribution in [3.63, 3.8) is 0 Å². The van der Waals surface area contributed by atoms with Crippen molar-refractivity contribution in [2.24, 2.45) is 11.8 Å². The van der Waals surface area contributed by atoms with E-state index in [9.17, 15) is 19.5 Å². The molecule has 3 rings (SSSR count). The SMILES string of the molecule is C=CCCCOC(=O)[C@H]1[C@H]2C(=O)N(CCCO)C(C(=O)N(CC=C)C(C)C)C23CC[C@]1(CC)O3. The van der Waals surface area contributed by atoms with Crippen LogP contribution in [0, 0.1) is 11.8 Å². The van der Waals surface area contributed by atoms with Gasteiger partial charge in [-0.1, -0.05) is 19.1 Å². The van der Waals surface area contributed by atoms with Crippen LogP contribution in [0.15, 0.2) is 25.3 Å². The maximum atomic E-state index is 14.0. The first kappa shape index (κ1) is 26.4. The summed E-state index contributed by atoms with van der Waals surface area (Å²) in [4.78, 5) is 44.4. The highest BCUT2D eigenvalue weighted by Crippen LogP contribution is 2.64. The zero-order valence-electron chi connectivity index (χ0n) is 20.8. The van der Waals surface area contributed by atoms with E-state index in [0.29, 0.717) is 38.6 Å². The number of carbonyl (C=O) groups excluding carboxylic acids is 3. The molecule has 0 aromatic rings. The lowest BCUT2D eigenvalue weighted by molar-refractivity contribution is -0.162. The Kier molecular flexibility index (Phi) is 8.24. The van der Waals surface area contributed by atoms with Crippen LogP contribution in [0.2, 0.25) is 0 Å². The number of unbranched alkanes of at least 4 members (excludes halogenated alkanes) is 1. The van der Waals surface area contributed by atoms with Crippen molar-refractivity contribution < 1.29 is 29.0 Å². The molecular formula is C26H40N2O6. The molecule has 34 heavy (non-hydrogen) atoms. The van der Waals surface area contributed by atoms with E-state index in [-0.39, 0.29) is 37.6 Å². The summed E-state index contributed by atoms with van der Waals surface area (Å²) < 4.78 is 12.3.